The topological polar surface area (TPSA) is 70.2 Å². The lowest BCUT2D eigenvalue weighted by Crippen LogP contribution is -2.35. The molecule has 19 heavy (non-hydrogen) atoms. The Morgan fingerprint density at radius 3 is 2.63 bits per heavy atom. The van der Waals surface area contributed by atoms with Crippen LogP contribution < -0.4 is 16.0 Å². The molecule has 1 aromatic rings. The van der Waals surface area contributed by atoms with Crippen molar-refractivity contribution < 1.29 is 9.59 Å². The summed E-state index contributed by atoms with van der Waals surface area (Å²) in [6.07, 6.45) is 1.94. The molecule has 1 saturated heterocycles. The van der Waals surface area contributed by atoms with Gasteiger partial charge in [-0.3, -0.25) is 9.59 Å². The highest BCUT2D eigenvalue weighted by Crippen LogP contribution is 2.12. The zero-order chi connectivity index (χ0) is 13.7. The van der Waals surface area contributed by atoms with Gasteiger partial charge in [-0.1, -0.05) is 12.1 Å². The molecular formula is C14H19N3O2. The third-order valence-corrected chi connectivity index (χ3v) is 3.14. The van der Waals surface area contributed by atoms with Crippen LogP contribution in [0.1, 0.15) is 25.3 Å². The molecule has 0 aromatic heterocycles. The maximum absolute atomic E-state index is 11.9. The van der Waals surface area contributed by atoms with E-state index in [2.05, 4.69) is 16.0 Å². The maximum Gasteiger partial charge on any atom is 0.241 e. The molecule has 2 rings (SSSR count). The minimum atomic E-state index is -0.0703. The molecule has 3 N–H and O–H groups in total. The first-order valence-corrected chi connectivity index (χ1v) is 6.53. The average Bonchev–Trinajstić information content (AvgIpc) is 2.92. The van der Waals surface area contributed by atoms with Crippen LogP contribution in [0.2, 0.25) is 0 Å². The second-order valence-electron chi connectivity index (χ2n) is 4.74. The molecule has 0 bridgehead atoms. The Morgan fingerprint density at radius 1 is 1.32 bits per heavy atom. The van der Waals surface area contributed by atoms with Gasteiger partial charge in [0.1, 0.15) is 0 Å². The molecule has 1 aliphatic rings. The summed E-state index contributed by atoms with van der Waals surface area (Å²) in [5.74, 6) is -0.0307. The first kappa shape index (κ1) is 13.5. The number of anilines is 1. The predicted octanol–water partition coefficient (Wildman–Crippen LogP) is 1.01. The molecule has 1 unspecified atom stereocenters. The lowest BCUT2D eigenvalue weighted by atomic mass is 10.2. The number of hydrogen-bond acceptors (Lipinski definition) is 3. The summed E-state index contributed by atoms with van der Waals surface area (Å²) < 4.78 is 0. The summed E-state index contributed by atoms with van der Waals surface area (Å²) in [5, 5.41) is 8.78. The van der Waals surface area contributed by atoms with Crippen LogP contribution in [0, 0.1) is 0 Å². The SMILES string of the molecule is CC(=O)NCc1ccc(NC(=O)C2CCCN2)cc1. The smallest absolute Gasteiger partial charge is 0.241 e. The number of nitrogens with one attached hydrogen (secondary N) is 3. The van der Waals surface area contributed by atoms with Gasteiger partial charge >= 0.3 is 0 Å². The third kappa shape index (κ3) is 4.06. The van der Waals surface area contributed by atoms with Gasteiger partial charge in [-0.25, -0.2) is 0 Å². The quantitative estimate of drug-likeness (QED) is 0.757. The van der Waals surface area contributed by atoms with Gasteiger partial charge in [0.25, 0.3) is 0 Å². The van der Waals surface area contributed by atoms with Crippen molar-refractivity contribution in [2.75, 3.05) is 11.9 Å². The molecule has 0 saturated carbocycles. The highest BCUT2D eigenvalue weighted by Gasteiger charge is 2.21. The molecule has 2 amide bonds. The summed E-state index contributed by atoms with van der Waals surface area (Å²) in [7, 11) is 0. The lowest BCUT2D eigenvalue weighted by molar-refractivity contribution is -0.119. The van der Waals surface area contributed by atoms with E-state index in [9.17, 15) is 9.59 Å². The molecule has 1 atom stereocenters. The molecule has 0 aliphatic carbocycles. The fraction of sp³-hybridized carbons (Fsp3) is 0.429. The van der Waals surface area contributed by atoms with E-state index < -0.39 is 0 Å². The summed E-state index contributed by atoms with van der Waals surface area (Å²) in [4.78, 5) is 22.7. The monoisotopic (exact) mass is 261 g/mol. The minimum Gasteiger partial charge on any atom is -0.352 e. The Hall–Kier alpha value is -1.88. The fourth-order valence-corrected chi connectivity index (χ4v) is 2.07. The van der Waals surface area contributed by atoms with Crippen molar-refractivity contribution in [2.24, 2.45) is 0 Å². The van der Waals surface area contributed by atoms with E-state index in [4.69, 9.17) is 0 Å². The van der Waals surface area contributed by atoms with Crippen LogP contribution in [0.3, 0.4) is 0 Å². The van der Waals surface area contributed by atoms with E-state index >= 15 is 0 Å². The fourth-order valence-electron chi connectivity index (χ4n) is 2.07. The number of carbonyl (C=O) groups excluding carboxylic acids is 2. The molecule has 5 heteroatoms. The maximum atomic E-state index is 11.9. The molecule has 1 aliphatic heterocycles. The molecule has 0 radical (unpaired) electrons. The van der Waals surface area contributed by atoms with Crippen LogP contribution in [0.15, 0.2) is 24.3 Å². The first-order chi connectivity index (χ1) is 9.15. The summed E-state index contributed by atoms with van der Waals surface area (Å²) in [6.45, 7) is 2.91. The predicted molar refractivity (Wildman–Crippen MR) is 73.6 cm³/mol. The van der Waals surface area contributed by atoms with Crippen LogP contribution in [-0.2, 0) is 16.1 Å². The van der Waals surface area contributed by atoms with Crippen LogP contribution in [0.5, 0.6) is 0 Å². The Labute approximate surface area is 112 Å². The van der Waals surface area contributed by atoms with Crippen LogP contribution >= 0.6 is 0 Å². The van der Waals surface area contributed by atoms with Gasteiger partial charge < -0.3 is 16.0 Å². The molecule has 102 valence electrons. The van der Waals surface area contributed by atoms with Crippen molar-refractivity contribution in [1.82, 2.24) is 10.6 Å². The number of amides is 2. The Bertz CT molecular complexity index is 450. The lowest BCUT2D eigenvalue weighted by Gasteiger charge is -2.11. The van der Waals surface area contributed by atoms with Gasteiger partial charge in [0.05, 0.1) is 6.04 Å². The standard InChI is InChI=1S/C14H19N3O2/c1-10(18)16-9-11-4-6-12(7-5-11)17-14(19)13-3-2-8-15-13/h4-7,13,15H,2-3,8-9H2,1H3,(H,16,18)(H,17,19). The van der Waals surface area contributed by atoms with Crippen molar-refractivity contribution in [1.29, 1.82) is 0 Å². The number of hydrogen-bond donors (Lipinski definition) is 3. The van der Waals surface area contributed by atoms with Gasteiger partial charge in [0.15, 0.2) is 0 Å². The van der Waals surface area contributed by atoms with Gasteiger partial charge in [-0.15, -0.1) is 0 Å². The molecular weight excluding hydrogens is 242 g/mol. The van der Waals surface area contributed by atoms with Crippen LogP contribution in [0.25, 0.3) is 0 Å². The Balaban J connectivity index is 1.87. The van der Waals surface area contributed by atoms with Gasteiger partial charge in [0, 0.05) is 19.2 Å². The van der Waals surface area contributed by atoms with Crippen molar-refractivity contribution >= 4 is 17.5 Å². The zero-order valence-electron chi connectivity index (χ0n) is 11.0. The average molecular weight is 261 g/mol. The molecule has 5 nitrogen and oxygen atoms in total. The van der Waals surface area contributed by atoms with Crippen LogP contribution in [0.4, 0.5) is 5.69 Å². The summed E-state index contributed by atoms with van der Waals surface area (Å²) >= 11 is 0. The first-order valence-electron chi connectivity index (χ1n) is 6.53. The molecule has 1 fully saturated rings. The Morgan fingerprint density at radius 2 is 2.05 bits per heavy atom. The largest absolute Gasteiger partial charge is 0.352 e. The third-order valence-electron chi connectivity index (χ3n) is 3.14. The van der Waals surface area contributed by atoms with Gasteiger partial charge in [-0.05, 0) is 37.1 Å². The highest BCUT2D eigenvalue weighted by molar-refractivity contribution is 5.95. The second-order valence-corrected chi connectivity index (χ2v) is 4.74. The molecule has 1 aromatic carbocycles. The van der Waals surface area contributed by atoms with E-state index in [1.807, 2.05) is 24.3 Å². The summed E-state index contributed by atoms with van der Waals surface area (Å²) in [5.41, 5.74) is 1.79. The second kappa shape index (κ2) is 6.33. The zero-order valence-corrected chi connectivity index (χ0v) is 11.0. The minimum absolute atomic E-state index is 0.0205. The summed E-state index contributed by atoms with van der Waals surface area (Å²) in [6, 6.07) is 7.42. The number of rotatable bonds is 4. The normalized spacial score (nSPS) is 18.1. The van der Waals surface area contributed by atoms with Crippen LogP contribution in [-0.4, -0.2) is 24.4 Å². The number of carbonyl (C=O) groups is 2. The van der Waals surface area contributed by atoms with Crippen molar-refractivity contribution in [3.63, 3.8) is 0 Å². The van der Waals surface area contributed by atoms with Gasteiger partial charge in [0.2, 0.25) is 11.8 Å². The molecule has 0 spiro atoms. The van der Waals surface area contributed by atoms with Crippen molar-refractivity contribution in [3.8, 4) is 0 Å². The van der Waals surface area contributed by atoms with E-state index in [-0.39, 0.29) is 17.9 Å². The van der Waals surface area contributed by atoms with E-state index in [1.54, 1.807) is 0 Å². The van der Waals surface area contributed by atoms with E-state index in [0.717, 1.165) is 30.6 Å². The number of benzene rings is 1. The Kier molecular flexibility index (Phi) is 4.52. The van der Waals surface area contributed by atoms with Crippen molar-refractivity contribution in [2.45, 2.75) is 32.4 Å². The van der Waals surface area contributed by atoms with E-state index in [0.29, 0.717) is 6.54 Å². The highest BCUT2D eigenvalue weighted by atomic mass is 16.2. The molecule has 1 heterocycles. The van der Waals surface area contributed by atoms with Crippen molar-refractivity contribution in [3.05, 3.63) is 29.8 Å². The van der Waals surface area contributed by atoms with Gasteiger partial charge in [-0.2, -0.15) is 0 Å². The van der Waals surface area contributed by atoms with E-state index in [1.165, 1.54) is 6.92 Å².